The molecule has 2 rings (SSSR count). The Labute approximate surface area is 127 Å². The SMILES string of the molecule is COC(=O)C1COCCN1C(=O)C1(CC(C)C)CCCC1. The molecular weight excluding hydrogens is 270 g/mol. The first-order chi connectivity index (χ1) is 10.00. The lowest BCUT2D eigenvalue weighted by atomic mass is 9.77. The zero-order chi connectivity index (χ0) is 15.5. The van der Waals surface area contributed by atoms with Gasteiger partial charge in [0.1, 0.15) is 0 Å². The van der Waals surface area contributed by atoms with Gasteiger partial charge in [-0.1, -0.05) is 26.7 Å². The second kappa shape index (κ2) is 6.77. The van der Waals surface area contributed by atoms with E-state index in [1.54, 1.807) is 4.90 Å². The van der Waals surface area contributed by atoms with Crippen molar-refractivity contribution in [2.24, 2.45) is 11.3 Å². The van der Waals surface area contributed by atoms with Crippen LogP contribution in [0.5, 0.6) is 0 Å². The van der Waals surface area contributed by atoms with Crippen LogP contribution in [0, 0.1) is 11.3 Å². The van der Waals surface area contributed by atoms with Gasteiger partial charge in [0.25, 0.3) is 0 Å². The van der Waals surface area contributed by atoms with E-state index >= 15 is 0 Å². The summed E-state index contributed by atoms with van der Waals surface area (Å²) in [4.78, 5) is 26.8. The van der Waals surface area contributed by atoms with Gasteiger partial charge in [-0.15, -0.1) is 0 Å². The highest BCUT2D eigenvalue weighted by Crippen LogP contribution is 2.45. The number of methoxy groups -OCH3 is 1. The van der Waals surface area contributed by atoms with Crippen molar-refractivity contribution in [2.75, 3.05) is 26.9 Å². The molecular formula is C16H27NO4. The molecule has 1 saturated heterocycles. The molecule has 1 amide bonds. The average Bonchev–Trinajstić information content (AvgIpc) is 2.94. The number of morpholine rings is 1. The van der Waals surface area contributed by atoms with E-state index in [1.807, 2.05) is 0 Å². The van der Waals surface area contributed by atoms with E-state index in [2.05, 4.69) is 13.8 Å². The molecule has 5 heteroatoms. The van der Waals surface area contributed by atoms with Crippen molar-refractivity contribution in [1.29, 1.82) is 0 Å². The van der Waals surface area contributed by atoms with Crippen molar-refractivity contribution in [3.05, 3.63) is 0 Å². The van der Waals surface area contributed by atoms with Crippen molar-refractivity contribution in [1.82, 2.24) is 4.90 Å². The zero-order valence-electron chi connectivity index (χ0n) is 13.4. The predicted molar refractivity (Wildman–Crippen MR) is 78.7 cm³/mol. The van der Waals surface area contributed by atoms with Crippen LogP contribution in [0.4, 0.5) is 0 Å². The highest BCUT2D eigenvalue weighted by molar-refractivity contribution is 5.88. The third kappa shape index (κ3) is 3.39. The first-order valence-electron chi connectivity index (χ1n) is 7.97. The van der Waals surface area contributed by atoms with Crippen LogP contribution in [0.1, 0.15) is 46.0 Å². The molecule has 0 bridgehead atoms. The quantitative estimate of drug-likeness (QED) is 0.745. The topological polar surface area (TPSA) is 55.8 Å². The molecule has 1 saturated carbocycles. The minimum absolute atomic E-state index is 0.132. The van der Waals surface area contributed by atoms with Gasteiger partial charge in [0.15, 0.2) is 6.04 Å². The second-order valence-electron chi connectivity index (χ2n) is 6.70. The van der Waals surface area contributed by atoms with Crippen LogP contribution >= 0.6 is 0 Å². The van der Waals surface area contributed by atoms with Crippen molar-refractivity contribution < 1.29 is 19.1 Å². The third-order valence-corrected chi connectivity index (χ3v) is 4.68. The van der Waals surface area contributed by atoms with Gasteiger partial charge >= 0.3 is 5.97 Å². The molecule has 0 aromatic rings. The van der Waals surface area contributed by atoms with Crippen LogP contribution in [-0.4, -0.2) is 49.7 Å². The number of amides is 1. The van der Waals surface area contributed by atoms with Gasteiger partial charge in [-0.05, 0) is 25.2 Å². The molecule has 1 aliphatic carbocycles. The molecule has 0 spiro atoms. The standard InChI is InChI=1S/C16H27NO4/c1-12(2)10-16(6-4-5-7-16)15(19)17-8-9-21-11-13(17)14(18)20-3/h12-13H,4-11H2,1-3H3. The van der Waals surface area contributed by atoms with Crippen molar-refractivity contribution >= 4 is 11.9 Å². The molecule has 0 aromatic carbocycles. The van der Waals surface area contributed by atoms with E-state index in [-0.39, 0.29) is 23.9 Å². The first kappa shape index (κ1) is 16.3. The Hall–Kier alpha value is -1.10. The zero-order valence-corrected chi connectivity index (χ0v) is 13.4. The van der Waals surface area contributed by atoms with Gasteiger partial charge in [-0.3, -0.25) is 4.79 Å². The molecule has 0 aromatic heterocycles. The number of hydrogen-bond acceptors (Lipinski definition) is 4. The number of carbonyl (C=O) groups is 2. The van der Waals surface area contributed by atoms with Crippen LogP contribution in [-0.2, 0) is 19.1 Å². The molecule has 0 N–H and O–H groups in total. The number of esters is 1. The second-order valence-corrected chi connectivity index (χ2v) is 6.70. The highest BCUT2D eigenvalue weighted by Gasteiger charge is 2.47. The molecule has 2 aliphatic rings. The van der Waals surface area contributed by atoms with Crippen molar-refractivity contribution in [3.63, 3.8) is 0 Å². The Balaban J connectivity index is 2.19. The molecule has 1 heterocycles. The lowest BCUT2D eigenvalue weighted by Gasteiger charge is -2.40. The Kier molecular flexibility index (Phi) is 5.25. The summed E-state index contributed by atoms with van der Waals surface area (Å²) in [6, 6.07) is -0.583. The minimum atomic E-state index is -0.583. The summed E-state index contributed by atoms with van der Waals surface area (Å²) in [5.41, 5.74) is -0.280. The summed E-state index contributed by atoms with van der Waals surface area (Å²) in [6.45, 7) is 5.54. The lowest BCUT2D eigenvalue weighted by Crippen LogP contribution is -2.57. The number of hydrogen-bond donors (Lipinski definition) is 0. The smallest absolute Gasteiger partial charge is 0.331 e. The van der Waals surface area contributed by atoms with E-state index in [9.17, 15) is 9.59 Å². The molecule has 5 nitrogen and oxygen atoms in total. The Morgan fingerprint density at radius 2 is 2.00 bits per heavy atom. The predicted octanol–water partition coefficient (Wildman–Crippen LogP) is 1.99. The summed E-state index contributed by atoms with van der Waals surface area (Å²) in [7, 11) is 1.36. The molecule has 0 radical (unpaired) electrons. The lowest BCUT2D eigenvalue weighted by molar-refractivity contribution is -0.166. The largest absolute Gasteiger partial charge is 0.467 e. The number of carbonyl (C=O) groups excluding carboxylic acids is 2. The molecule has 2 fully saturated rings. The van der Waals surface area contributed by atoms with Gasteiger partial charge in [-0.25, -0.2) is 4.79 Å². The molecule has 1 unspecified atom stereocenters. The maximum atomic E-state index is 13.2. The summed E-state index contributed by atoms with van der Waals surface area (Å²) < 4.78 is 10.2. The molecule has 1 atom stereocenters. The molecule has 21 heavy (non-hydrogen) atoms. The summed E-state index contributed by atoms with van der Waals surface area (Å²) >= 11 is 0. The van der Waals surface area contributed by atoms with Crippen LogP contribution in [0.2, 0.25) is 0 Å². The highest BCUT2D eigenvalue weighted by atomic mass is 16.5. The van der Waals surface area contributed by atoms with Crippen LogP contribution < -0.4 is 0 Å². The fourth-order valence-electron chi connectivity index (χ4n) is 3.82. The normalized spacial score (nSPS) is 25.1. The van der Waals surface area contributed by atoms with E-state index in [0.29, 0.717) is 19.1 Å². The summed E-state index contributed by atoms with van der Waals surface area (Å²) in [5.74, 6) is 0.234. The van der Waals surface area contributed by atoms with Crippen molar-refractivity contribution in [3.8, 4) is 0 Å². The van der Waals surface area contributed by atoms with Gasteiger partial charge in [0.05, 0.1) is 20.3 Å². The Morgan fingerprint density at radius 1 is 1.33 bits per heavy atom. The maximum Gasteiger partial charge on any atom is 0.331 e. The van der Waals surface area contributed by atoms with Crippen LogP contribution in [0.3, 0.4) is 0 Å². The van der Waals surface area contributed by atoms with E-state index in [1.165, 1.54) is 7.11 Å². The minimum Gasteiger partial charge on any atom is -0.467 e. The van der Waals surface area contributed by atoms with Crippen LogP contribution in [0.25, 0.3) is 0 Å². The number of ether oxygens (including phenoxy) is 2. The summed E-state index contributed by atoms with van der Waals surface area (Å²) in [6.07, 6.45) is 4.99. The number of nitrogens with zero attached hydrogens (tertiary/aromatic N) is 1. The summed E-state index contributed by atoms with van der Waals surface area (Å²) in [5, 5.41) is 0. The number of rotatable bonds is 4. The van der Waals surface area contributed by atoms with E-state index in [0.717, 1.165) is 32.1 Å². The molecule has 120 valence electrons. The van der Waals surface area contributed by atoms with E-state index in [4.69, 9.17) is 9.47 Å². The fourth-order valence-corrected chi connectivity index (χ4v) is 3.82. The van der Waals surface area contributed by atoms with Gasteiger partial charge < -0.3 is 14.4 Å². The average molecular weight is 297 g/mol. The van der Waals surface area contributed by atoms with Crippen molar-refractivity contribution in [2.45, 2.75) is 52.0 Å². The van der Waals surface area contributed by atoms with Gasteiger partial charge in [0, 0.05) is 12.0 Å². The van der Waals surface area contributed by atoms with Crippen LogP contribution in [0.15, 0.2) is 0 Å². The fraction of sp³-hybridized carbons (Fsp3) is 0.875. The van der Waals surface area contributed by atoms with Gasteiger partial charge in [-0.2, -0.15) is 0 Å². The Morgan fingerprint density at radius 3 is 2.57 bits per heavy atom. The monoisotopic (exact) mass is 297 g/mol. The maximum absolute atomic E-state index is 13.2. The Bertz CT molecular complexity index is 388. The van der Waals surface area contributed by atoms with E-state index < -0.39 is 6.04 Å². The van der Waals surface area contributed by atoms with Gasteiger partial charge in [0.2, 0.25) is 5.91 Å². The third-order valence-electron chi connectivity index (χ3n) is 4.68. The first-order valence-corrected chi connectivity index (χ1v) is 7.97. The molecule has 1 aliphatic heterocycles.